The lowest BCUT2D eigenvalue weighted by Crippen LogP contribution is -2.57. The van der Waals surface area contributed by atoms with Crippen molar-refractivity contribution in [2.75, 3.05) is 19.7 Å². The van der Waals surface area contributed by atoms with Gasteiger partial charge in [0.05, 0.1) is 18.7 Å². The summed E-state index contributed by atoms with van der Waals surface area (Å²) < 4.78 is 11.4. The largest absolute Gasteiger partial charge is 0.465 e. The van der Waals surface area contributed by atoms with E-state index in [1.165, 1.54) is 11.8 Å². The number of Topliss-reactive ketones (excluding diaryl/α,β-unsaturated/α-hetero) is 1. The Balaban J connectivity index is 1.81. The van der Waals surface area contributed by atoms with Gasteiger partial charge in [-0.1, -0.05) is 60.7 Å². The van der Waals surface area contributed by atoms with Gasteiger partial charge in [0, 0.05) is 13.1 Å². The number of amides is 2. The van der Waals surface area contributed by atoms with Gasteiger partial charge in [-0.25, -0.2) is 9.59 Å². The molecule has 8 nitrogen and oxygen atoms in total. The Labute approximate surface area is 187 Å². The molecule has 2 atom stereocenters. The van der Waals surface area contributed by atoms with Crippen LogP contribution in [0.5, 0.6) is 0 Å². The van der Waals surface area contributed by atoms with Crippen LogP contribution in [0.15, 0.2) is 60.7 Å². The van der Waals surface area contributed by atoms with Crippen molar-refractivity contribution in [1.82, 2.24) is 9.80 Å². The SMILES string of the molecule is CC(=O)CO[C@H]1CN(C(=O)O)CC[C@H]1N(Cc1ccccc1)C(=O)OCc1ccccc1. The fraction of sp³-hybridized carbons (Fsp3) is 0.375. The number of piperidine rings is 1. The second-order valence-corrected chi connectivity index (χ2v) is 7.79. The first kappa shape index (κ1) is 23.3. The molecule has 32 heavy (non-hydrogen) atoms. The number of nitrogens with zero attached hydrogens (tertiary/aromatic N) is 2. The van der Waals surface area contributed by atoms with Crippen LogP contribution in [0.1, 0.15) is 24.5 Å². The van der Waals surface area contributed by atoms with E-state index in [9.17, 15) is 19.5 Å². The minimum Gasteiger partial charge on any atom is -0.465 e. The minimum atomic E-state index is -1.05. The smallest absolute Gasteiger partial charge is 0.410 e. The summed E-state index contributed by atoms with van der Waals surface area (Å²) >= 11 is 0. The Kier molecular flexibility index (Phi) is 8.21. The fourth-order valence-electron chi connectivity index (χ4n) is 3.72. The van der Waals surface area contributed by atoms with E-state index < -0.39 is 24.3 Å². The number of likely N-dealkylation sites (tertiary alicyclic amines) is 1. The molecule has 2 aromatic carbocycles. The van der Waals surface area contributed by atoms with Gasteiger partial charge in [0.1, 0.15) is 13.2 Å². The van der Waals surface area contributed by atoms with E-state index in [-0.39, 0.29) is 38.6 Å². The molecule has 1 aliphatic rings. The van der Waals surface area contributed by atoms with E-state index in [4.69, 9.17) is 9.47 Å². The summed E-state index contributed by atoms with van der Waals surface area (Å²) in [5, 5.41) is 9.41. The number of hydrogen-bond donors (Lipinski definition) is 1. The first-order valence-electron chi connectivity index (χ1n) is 10.5. The van der Waals surface area contributed by atoms with Crippen LogP contribution in [-0.4, -0.2) is 64.7 Å². The maximum Gasteiger partial charge on any atom is 0.410 e. The third-order valence-corrected chi connectivity index (χ3v) is 5.33. The van der Waals surface area contributed by atoms with Gasteiger partial charge in [0.2, 0.25) is 0 Å². The molecule has 1 heterocycles. The zero-order valence-electron chi connectivity index (χ0n) is 18.1. The molecule has 1 saturated heterocycles. The van der Waals surface area contributed by atoms with Gasteiger partial charge in [-0.3, -0.25) is 9.69 Å². The number of ketones is 1. The van der Waals surface area contributed by atoms with E-state index in [1.54, 1.807) is 4.90 Å². The molecule has 2 aromatic rings. The molecule has 0 aliphatic carbocycles. The zero-order valence-corrected chi connectivity index (χ0v) is 18.1. The van der Waals surface area contributed by atoms with Crippen LogP contribution in [0.2, 0.25) is 0 Å². The molecule has 3 rings (SSSR count). The number of carbonyl (C=O) groups excluding carboxylic acids is 2. The lowest BCUT2D eigenvalue weighted by Gasteiger charge is -2.42. The molecule has 0 aromatic heterocycles. The van der Waals surface area contributed by atoms with Crippen molar-refractivity contribution in [3.8, 4) is 0 Å². The van der Waals surface area contributed by atoms with Gasteiger partial charge in [0.25, 0.3) is 0 Å². The molecule has 2 amide bonds. The van der Waals surface area contributed by atoms with E-state index in [1.807, 2.05) is 60.7 Å². The van der Waals surface area contributed by atoms with E-state index >= 15 is 0 Å². The average Bonchev–Trinajstić information content (AvgIpc) is 2.81. The van der Waals surface area contributed by atoms with Gasteiger partial charge in [-0.05, 0) is 24.5 Å². The fourth-order valence-corrected chi connectivity index (χ4v) is 3.72. The molecule has 1 N–H and O–H groups in total. The standard InChI is InChI=1S/C24H28N2O6/c1-18(27)16-31-22-15-25(23(28)29)13-12-21(22)26(14-19-8-4-2-5-9-19)24(30)32-17-20-10-6-3-7-11-20/h2-11,21-22H,12-17H2,1H3,(H,28,29)/t21-,22+/m1/s1. The van der Waals surface area contributed by atoms with Crippen molar-refractivity contribution >= 4 is 18.0 Å². The number of ether oxygens (including phenoxy) is 2. The Morgan fingerprint density at radius 1 is 1.03 bits per heavy atom. The first-order chi connectivity index (χ1) is 15.4. The van der Waals surface area contributed by atoms with E-state index in [0.29, 0.717) is 6.42 Å². The highest BCUT2D eigenvalue weighted by molar-refractivity contribution is 5.76. The zero-order chi connectivity index (χ0) is 22.9. The molecule has 1 fully saturated rings. The lowest BCUT2D eigenvalue weighted by atomic mass is 9.99. The Bertz CT molecular complexity index is 905. The van der Waals surface area contributed by atoms with Crippen LogP contribution in [0, 0.1) is 0 Å². The van der Waals surface area contributed by atoms with Crippen molar-refractivity contribution in [3.63, 3.8) is 0 Å². The number of benzene rings is 2. The van der Waals surface area contributed by atoms with Crippen LogP contribution in [0.25, 0.3) is 0 Å². The highest BCUT2D eigenvalue weighted by Crippen LogP contribution is 2.23. The molecule has 1 aliphatic heterocycles. The Morgan fingerprint density at radius 3 is 2.25 bits per heavy atom. The number of hydrogen-bond acceptors (Lipinski definition) is 5. The number of carbonyl (C=O) groups is 3. The van der Waals surface area contributed by atoms with Crippen molar-refractivity contribution in [3.05, 3.63) is 71.8 Å². The number of carboxylic acid groups (broad SMARTS) is 1. The lowest BCUT2D eigenvalue weighted by molar-refractivity contribution is -0.126. The Morgan fingerprint density at radius 2 is 1.66 bits per heavy atom. The molecule has 0 bridgehead atoms. The maximum absolute atomic E-state index is 13.2. The van der Waals surface area contributed by atoms with Crippen molar-refractivity contribution in [2.24, 2.45) is 0 Å². The second kappa shape index (κ2) is 11.3. The molecule has 8 heteroatoms. The van der Waals surface area contributed by atoms with Crippen LogP contribution in [0.4, 0.5) is 9.59 Å². The summed E-state index contributed by atoms with van der Waals surface area (Å²) in [6.45, 7) is 2.00. The van der Waals surface area contributed by atoms with E-state index in [0.717, 1.165) is 11.1 Å². The summed E-state index contributed by atoms with van der Waals surface area (Å²) in [6.07, 6.45) is -1.83. The van der Waals surface area contributed by atoms with Gasteiger partial charge in [0.15, 0.2) is 5.78 Å². The summed E-state index contributed by atoms with van der Waals surface area (Å²) in [4.78, 5) is 39.0. The van der Waals surface area contributed by atoms with Crippen LogP contribution in [-0.2, 0) is 27.4 Å². The van der Waals surface area contributed by atoms with E-state index in [2.05, 4.69) is 0 Å². The minimum absolute atomic E-state index is 0.0739. The topological polar surface area (TPSA) is 96.4 Å². The summed E-state index contributed by atoms with van der Waals surface area (Å²) in [5.74, 6) is -0.169. The summed E-state index contributed by atoms with van der Waals surface area (Å²) in [6, 6.07) is 18.4. The quantitative estimate of drug-likeness (QED) is 0.674. The van der Waals surface area contributed by atoms with Gasteiger partial charge < -0.3 is 19.5 Å². The van der Waals surface area contributed by atoms with Crippen molar-refractivity contribution < 1.29 is 29.0 Å². The maximum atomic E-state index is 13.2. The van der Waals surface area contributed by atoms with Crippen molar-refractivity contribution in [1.29, 1.82) is 0 Å². The Hall–Kier alpha value is -3.39. The predicted octanol–water partition coefficient (Wildman–Crippen LogP) is 3.55. The molecule has 0 radical (unpaired) electrons. The molecular weight excluding hydrogens is 412 g/mol. The third-order valence-electron chi connectivity index (χ3n) is 5.33. The number of rotatable bonds is 8. The van der Waals surface area contributed by atoms with Crippen LogP contribution < -0.4 is 0 Å². The average molecular weight is 440 g/mol. The second-order valence-electron chi connectivity index (χ2n) is 7.79. The summed E-state index contributed by atoms with van der Waals surface area (Å²) in [7, 11) is 0. The first-order valence-corrected chi connectivity index (χ1v) is 10.5. The predicted molar refractivity (Wildman–Crippen MR) is 117 cm³/mol. The highest BCUT2D eigenvalue weighted by Gasteiger charge is 2.38. The third kappa shape index (κ3) is 6.55. The monoisotopic (exact) mass is 440 g/mol. The molecule has 170 valence electrons. The van der Waals surface area contributed by atoms with Gasteiger partial charge >= 0.3 is 12.2 Å². The van der Waals surface area contributed by atoms with Crippen LogP contribution >= 0.6 is 0 Å². The molecule has 0 saturated carbocycles. The van der Waals surface area contributed by atoms with Crippen molar-refractivity contribution in [2.45, 2.75) is 38.6 Å². The molecule has 0 spiro atoms. The van der Waals surface area contributed by atoms with Gasteiger partial charge in [-0.2, -0.15) is 0 Å². The molecule has 0 unspecified atom stereocenters. The molecular formula is C24H28N2O6. The highest BCUT2D eigenvalue weighted by atomic mass is 16.6. The van der Waals surface area contributed by atoms with Gasteiger partial charge in [-0.15, -0.1) is 0 Å². The summed E-state index contributed by atoms with van der Waals surface area (Å²) in [5.41, 5.74) is 1.78. The van der Waals surface area contributed by atoms with Crippen LogP contribution in [0.3, 0.4) is 0 Å². The normalized spacial score (nSPS) is 18.1.